The Morgan fingerprint density at radius 3 is 2.64 bits per heavy atom. The van der Waals surface area contributed by atoms with E-state index in [2.05, 4.69) is 71.8 Å². The molecule has 0 amide bonds. The Balaban J connectivity index is 1.55. The van der Waals surface area contributed by atoms with Gasteiger partial charge in [0.1, 0.15) is 12.4 Å². The number of aromatic nitrogens is 2. The van der Waals surface area contributed by atoms with Crippen LogP contribution in [0.3, 0.4) is 0 Å². The molecule has 0 aliphatic carbocycles. The van der Waals surface area contributed by atoms with E-state index in [0.29, 0.717) is 6.61 Å². The van der Waals surface area contributed by atoms with E-state index >= 15 is 0 Å². The first-order chi connectivity index (χ1) is 13.5. The van der Waals surface area contributed by atoms with Crippen LogP contribution in [-0.4, -0.2) is 41.9 Å². The summed E-state index contributed by atoms with van der Waals surface area (Å²) >= 11 is 0. The zero-order chi connectivity index (χ0) is 19.9. The molecule has 3 aromatic rings. The van der Waals surface area contributed by atoms with Crippen molar-refractivity contribution in [2.45, 2.75) is 26.9 Å². The average molecular weight is 379 g/mol. The molecule has 1 heterocycles. The van der Waals surface area contributed by atoms with Crippen LogP contribution in [0.5, 0.6) is 5.75 Å². The highest BCUT2D eigenvalue weighted by Crippen LogP contribution is 2.15. The van der Waals surface area contributed by atoms with Gasteiger partial charge in [-0.1, -0.05) is 24.3 Å². The lowest BCUT2D eigenvalue weighted by atomic mass is 10.2. The summed E-state index contributed by atoms with van der Waals surface area (Å²) in [6.07, 6.45) is 2.11. The van der Waals surface area contributed by atoms with Crippen LogP contribution in [0.1, 0.15) is 22.4 Å². The number of rotatable bonds is 9. The predicted octanol–water partition coefficient (Wildman–Crippen LogP) is 3.72. The Morgan fingerprint density at radius 2 is 1.86 bits per heavy atom. The van der Waals surface area contributed by atoms with Crippen LogP contribution < -0.4 is 10.1 Å². The number of benzene rings is 2. The Morgan fingerprint density at radius 1 is 1.04 bits per heavy atom. The van der Waals surface area contributed by atoms with Crippen LogP contribution in [0.15, 0.2) is 54.7 Å². The quantitative estimate of drug-likeness (QED) is 0.616. The van der Waals surface area contributed by atoms with Crippen LogP contribution in [0, 0.1) is 13.8 Å². The number of ether oxygens (including phenoxy) is 1. The first-order valence-electron chi connectivity index (χ1n) is 9.70. The van der Waals surface area contributed by atoms with Crippen molar-refractivity contribution in [3.05, 3.63) is 77.1 Å². The van der Waals surface area contributed by atoms with Crippen LogP contribution in [-0.2, 0) is 13.1 Å². The minimum absolute atomic E-state index is 0.696. The van der Waals surface area contributed by atoms with Gasteiger partial charge in [-0.3, -0.25) is 0 Å². The molecule has 0 atom stereocenters. The van der Waals surface area contributed by atoms with E-state index in [1.54, 1.807) is 0 Å². The van der Waals surface area contributed by atoms with E-state index in [1.807, 2.05) is 30.9 Å². The molecular formula is C23H30N4O. The largest absolute Gasteiger partial charge is 0.492 e. The average Bonchev–Trinajstić information content (AvgIpc) is 3.03. The first kappa shape index (κ1) is 20.1. The van der Waals surface area contributed by atoms with Crippen LogP contribution in [0.2, 0.25) is 0 Å². The highest BCUT2D eigenvalue weighted by Gasteiger charge is 2.07. The maximum atomic E-state index is 5.82. The molecule has 2 aromatic carbocycles. The molecule has 0 spiro atoms. The number of hydrogen-bond acceptors (Lipinski definition) is 4. The van der Waals surface area contributed by atoms with Crippen molar-refractivity contribution in [3.63, 3.8) is 0 Å². The fraction of sp³-hybridized carbons (Fsp3) is 0.348. The van der Waals surface area contributed by atoms with Gasteiger partial charge in [-0.25, -0.2) is 4.68 Å². The summed E-state index contributed by atoms with van der Waals surface area (Å²) in [6, 6.07) is 16.7. The molecular weight excluding hydrogens is 348 g/mol. The molecule has 0 fully saturated rings. The SMILES string of the molecule is Cc1cccc(-n2cc(CNCc3cccc(OCCN(C)C)c3)c(C)n2)c1. The molecule has 0 unspecified atom stereocenters. The maximum absolute atomic E-state index is 5.82. The summed E-state index contributed by atoms with van der Waals surface area (Å²) in [7, 11) is 4.10. The Hall–Kier alpha value is -2.63. The molecule has 0 aliphatic rings. The standard InChI is InChI=1S/C23H30N4O/c1-18-7-5-9-22(13-18)27-17-21(19(2)25-27)16-24-15-20-8-6-10-23(14-20)28-12-11-26(3)4/h5-10,13-14,17,24H,11-12,15-16H2,1-4H3. The first-order valence-corrected chi connectivity index (χ1v) is 9.70. The number of nitrogens with zero attached hydrogens (tertiary/aromatic N) is 3. The topological polar surface area (TPSA) is 42.3 Å². The van der Waals surface area contributed by atoms with Gasteiger partial charge in [0.25, 0.3) is 0 Å². The van der Waals surface area contributed by atoms with Crippen molar-refractivity contribution in [3.8, 4) is 11.4 Å². The molecule has 0 radical (unpaired) electrons. The number of likely N-dealkylation sites (N-methyl/N-ethyl adjacent to an activating group) is 1. The van der Waals surface area contributed by atoms with Crippen molar-refractivity contribution in [1.29, 1.82) is 0 Å². The van der Waals surface area contributed by atoms with Gasteiger partial charge >= 0.3 is 0 Å². The van der Waals surface area contributed by atoms with Gasteiger partial charge in [-0.2, -0.15) is 5.10 Å². The monoisotopic (exact) mass is 378 g/mol. The van der Waals surface area contributed by atoms with E-state index in [1.165, 1.54) is 16.7 Å². The molecule has 0 aliphatic heterocycles. The van der Waals surface area contributed by atoms with Crippen LogP contribution >= 0.6 is 0 Å². The highest BCUT2D eigenvalue weighted by atomic mass is 16.5. The van der Waals surface area contributed by atoms with Gasteiger partial charge in [0.2, 0.25) is 0 Å². The zero-order valence-corrected chi connectivity index (χ0v) is 17.3. The third kappa shape index (κ3) is 5.68. The van der Waals surface area contributed by atoms with Crippen molar-refractivity contribution in [1.82, 2.24) is 20.0 Å². The van der Waals surface area contributed by atoms with Crippen molar-refractivity contribution in [2.24, 2.45) is 0 Å². The second kappa shape index (κ2) is 9.53. The van der Waals surface area contributed by atoms with E-state index in [9.17, 15) is 0 Å². The van der Waals surface area contributed by atoms with E-state index in [-0.39, 0.29) is 0 Å². The fourth-order valence-electron chi connectivity index (χ4n) is 3.00. The highest BCUT2D eigenvalue weighted by molar-refractivity contribution is 5.36. The summed E-state index contributed by atoms with van der Waals surface area (Å²) in [5.41, 5.74) is 5.80. The Labute approximate surface area is 167 Å². The number of nitrogens with one attached hydrogen (secondary N) is 1. The van der Waals surface area contributed by atoms with Gasteiger partial charge < -0.3 is 15.0 Å². The van der Waals surface area contributed by atoms with Crippen molar-refractivity contribution < 1.29 is 4.74 Å². The van der Waals surface area contributed by atoms with Gasteiger partial charge in [-0.05, 0) is 63.3 Å². The minimum Gasteiger partial charge on any atom is -0.492 e. The van der Waals surface area contributed by atoms with Gasteiger partial charge in [0.05, 0.1) is 11.4 Å². The molecule has 1 aromatic heterocycles. The summed E-state index contributed by atoms with van der Waals surface area (Å²) in [5, 5.41) is 8.18. The van der Waals surface area contributed by atoms with E-state index < -0.39 is 0 Å². The summed E-state index contributed by atoms with van der Waals surface area (Å²) < 4.78 is 7.78. The predicted molar refractivity (Wildman–Crippen MR) is 114 cm³/mol. The number of aryl methyl sites for hydroxylation is 2. The Bertz CT molecular complexity index is 901. The molecule has 148 valence electrons. The van der Waals surface area contributed by atoms with E-state index in [0.717, 1.165) is 36.8 Å². The van der Waals surface area contributed by atoms with E-state index in [4.69, 9.17) is 4.74 Å². The molecule has 1 N–H and O–H groups in total. The minimum atomic E-state index is 0.696. The van der Waals surface area contributed by atoms with Crippen LogP contribution in [0.25, 0.3) is 5.69 Å². The third-order valence-corrected chi connectivity index (χ3v) is 4.62. The van der Waals surface area contributed by atoms with Gasteiger partial charge in [-0.15, -0.1) is 0 Å². The summed E-state index contributed by atoms with van der Waals surface area (Å²) in [4.78, 5) is 2.12. The molecule has 0 saturated carbocycles. The van der Waals surface area contributed by atoms with Gasteiger partial charge in [0, 0.05) is 31.4 Å². The smallest absolute Gasteiger partial charge is 0.119 e. The molecule has 0 saturated heterocycles. The lowest BCUT2D eigenvalue weighted by molar-refractivity contribution is 0.261. The molecule has 28 heavy (non-hydrogen) atoms. The Kier molecular flexibility index (Phi) is 6.85. The lowest BCUT2D eigenvalue weighted by Gasteiger charge is -2.12. The van der Waals surface area contributed by atoms with Crippen molar-refractivity contribution >= 4 is 0 Å². The maximum Gasteiger partial charge on any atom is 0.119 e. The summed E-state index contributed by atoms with van der Waals surface area (Å²) in [6.45, 7) is 7.33. The lowest BCUT2D eigenvalue weighted by Crippen LogP contribution is -2.19. The van der Waals surface area contributed by atoms with Gasteiger partial charge in [0.15, 0.2) is 0 Å². The molecule has 0 bridgehead atoms. The van der Waals surface area contributed by atoms with Crippen LogP contribution in [0.4, 0.5) is 0 Å². The molecule has 5 heteroatoms. The van der Waals surface area contributed by atoms with Crippen molar-refractivity contribution in [2.75, 3.05) is 27.2 Å². The third-order valence-electron chi connectivity index (χ3n) is 4.62. The second-order valence-electron chi connectivity index (χ2n) is 7.43. The molecule has 3 rings (SSSR count). The summed E-state index contributed by atoms with van der Waals surface area (Å²) in [5.74, 6) is 0.921. The zero-order valence-electron chi connectivity index (χ0n) is 17.3. The fourth-order valence-corrected chi connectivity index (χ4v) is 3.00. The number of hydrogen-bond donors (Lipinski definition) is 1. The molecule has 5 nitrogen and oxygen atoms in total. The second-order valence-corrected chi connectivity index (χ2v) is 7.43. The normalized spacial score (nSPS) is 11.2.